The van der Waals surface area contributed by atoms with E-state index in [2.05, 4.69) is 30.9 Å². The molecule has 7 heteroatoms. The summed E-state index contributed by atoms with van der Waals surface area (Å²) < 4.78 is 2.19. The van der Waals surface area contributed by atoms with Crippen molar-refractivity contribution in [1.82, 2.24) is 19.9 Å². The van der Waals surface area contributed by atoms with E-state index in [1.54, 1.807) is 11.3 Å². The number of fused-ring (bicyclic) bond motifs is 1. The third-order valence-electron chi connectivity index (χ3n) is 4.94. The largest absolute Gasteiger partial charge is 0.351 e. The summed E-state index contributed by atoms with van der Waals surface area (Å²) >= 11 is 1.65. The Hall–Kier alpha value is -1.89. The molecule has 1 N–H and O–H groups in total. The fraction of sp³-hybridized carbons (Fsp3) is 0.588. The van der Waals surface area contributed by atoms with Gasteiger partial charge in [0.25, 0.3) is 0 Å². The highest BCUT2D eigenvalue weighted by molar-refractivity contribution is 7.13. The summed E-state index contributed by atoms with van der Waals surface area (Å²) in [6.45, 7) is 4.64. The van der Waals surface area contributed by atoms with Gasteiger partial charge in [-0.2, -0.15) is 0 Å². The second-order valence-corrected chi connectivity index (χ2v) is 7.67. The Morgan fingerprint density at radius 3 is 3.12 bits per heavy atom. The van der Waals surface area contributed by atoms with E-state index in [4.69, 9.17) is 0 Å². The number of hydrogen-bond acceptors (Lipinski definition) is 5. The summed E-state index contributed by atoms with van der Waals surface area (Å²) in [6.07, 6.45) is 7.84. The molecular formula is C17H23N5OS. The molecule has 24 heavy (non-hydrogen) atoms. The highest BCUT2D eigenvalue weighted by Crippen LogP contribution is 2.25. The number of nitrogens with zero attached hydrogens (tertiary/aromatic N) is 4. The highest BCUT2D eigenvalue weighted by Gasteiger charge is 2.29. The van der Waals surface area contributed by atoms with Crippen LogP contribution < -0.4 is 10.2 Å². The highest BCUT2D eigenvalue weighted by atomic mass is 32.1. The number of hydrogen-bond donors (Lipinski definition) is 1. The molecule has 0 saturated carbocycles. The van der Waals surface area contributed by atoms with E-state index in [0.717, 1.165) is 62.0 Å². The van der Waals surface area contributed by atoms with Crippen LogP contribution in [0, 0.1) is 12.8 Å². The molecule has 2 aliphatic rings. The van der Waals surface area contributed by atoms with Crippen LogP contribution in [0.2, 0.25) is 0 Å². The zero-order chi connectivity index (χ0) is 16.5. The third-order valence-corrected chi connectivity index (χ3v) is 5.77. The first-order chi connectivity index (χ1) is 11.7. The number of carbonyl (C=O) groups is 1. The average molecular weight is 345 g/mol. The zero-order valence-corrected chi connectivity index (χ0v) is 14.8. The van der Waals surface area contributed by atoms with Crippen LogP contribution in [0.3, 0.4) is 0 Å². The van der Waals surface area contributed by atoms with Crippen molar-refractivity contribution in [1.29, 1.82) is 0 Å². The van der Waals surface area contributed by atoms with E-state index in [9.17, 15) is 4.79 Å². The van der Waals surface area contributed by atoms with Crippen molar-refractivity contribution in [3.05, 3.63) is 29.3 Å². The number of rotatable bonds is 3. The fourth-order valence-electron chi connectivity index (χ4n) is 3.76. The van der Waals surface area contributed by atoms with Gasteiger partial charge in [-0.15, -0.1) is 11.3 Å². The quantitative estimate of drug-likeness (QED) is 0.924. The molecule has 2 aliphatic heterocycles. The third kappa shape index (κ3) is 3.17. The maximum atomic E-state index is 12.7. The molecule has 1 fully saturated rings. The number of aromatic nitrogens is 3. The van der Waals surface area contributed by atoms with E-state index < -0.39 is 0 Å². The number of piperidine rings is 1. The second kappa shape index (κ2) is 6.55. The molecular weight excluding hydrogens is 322 g/mol. The van der Waals surface area contributed by atoms with Crippen LogP contribution in [-0.4, -0.2) is 39.6 Å². The van der Waals surface area contributed by atoms with Crippen molar-refractivity contribution in [2.75, 3.05) is 18.0 Å². The Kier molecular flexibility index (Phi) is 4.26. The maximum Gasteiger partial charge on any atom is 0.225 e. The molecule has 0 bridgehead atoms. The van der Waals surface area contributed by atoms with Gasteiger partial charge < -0.3 is 14.8 Å². The van der Waals surface area contributed by atoms with Crippen LogP contribution in [0.5, 0.6) is 0 Å². The molecule has 1 amide bonds. The number of amides is 1. The lowest BCUT2D eigenvalue weighted by molar-refractivity contribution is -0.126. The first-order valence-corrected chi connectivity index (χ1v) is 9.54. The maximum absolute atomic E-state index is 12.7. The van der Waals surface area contributed by atoms with E-state index >= 15 is 0 Å². The van der Waals surface area contributed by atoms with Gasteiger partial charge in [-0.1, -0.05) is 0 Å². The predicted molar refractivity (Wildman–Crippen MR) is 94.3 cm³/mol. The molecule has 2 atom stereocenters. The van der Waals surface area contributed by atoms with Crippen molar-refractivity contribution in [2.45, 2.75) is 45.2 Å². The van der Waals surface area contributed by atoms with Crippen LogP contribution in [0.25, 0.3) is 0 Å². The number of carbonyl (C=O) groups excluding carboxylic acids is 1. The number of anilines is 1. The Bertz CT molecular complexity index is 711. The summed E-state index contributed by atoms with van der Waals surface area (Å²) in [4.78, 5) is 23.9. The second-order valence-electron chi connectivity index (χ2n) is 6.79. The van der Waals surface area contributed by atoms with Crippen molar-refractivity contribution in [2.24, 2.45) is 5.92 Å². The fourth-order valence-corrected chi connectivity index (χ4v) is 4.44. The van der Waals surface area contributed by atoms with Gasteiger partial charge in [0.1, 0.15) is 5.82 Å². The van der Waals surface area contributed by atoms with E-state index in [0.29, 0.717) is 0 Å². The van der Waals surface area contributed by atoms with Crippen LogP contribution in [0.15, 0.2) is 17.8 Å². The van der Waals surface area contributed by atoms with Crippen molar-refractivity contribution >= 4 is 22.4 Å². The minimum absolute atomic E-state index is 0.0635. The van der Waals surface area contributed by atoms with E-state index in [1.807, 2.05) is 18.5 Å². The lowest BCUT2D eigenvalue weighted by atomic mass is 9.96. The normalized spacial score (nSPS) is 23.8. The molecule has 2 aromatic rings. The molecule has 0 aromatic carbocycles. The smallest absolute Gasteiger partial charge is 0.225 e. The van der Waals surface area contributed by atoms with Gasteiger partial charge in [0.2, 0.25) is 5.91 Å². The molecule has 4 rings (SSSR count). The lowest BCUT2D eigenvalue weighted by Gasteiger charge is -2.33. The summed E-state index contributed by atoms with van der Waals surface area (Å²) in [5, 5.41) is 6.30. The molecule has 2 aromatic heterocycles. The number of thiazole rings is 1. The first kappa shape index (κ1) is 15.6. The number of nitrogens with one attached hydrogen (secondary N) is 1. The van der Waals surface area contributed by atoms with Gasteiger partial charge in [0.15, 0.2) is 5.13 Å². The summed E-state index contributed by atoms with van der Waals surface area (Å²) in [5.74, 6) is 1.40. The molecule has 0 spiro atoms. The van der Waals surface area contributed by atoms with Crippen molar-refractivity contribution < 1.29 is 4.79 Å². The predicted octanol–water partition coefficient (Wildman–Crippen LogP) is 2.00. The molecule has 0 aliphatic carbocycles. The summed E-state index contributed by atoms with van der Waals surface area (Å²) in [7, 11) is 0. The molecule has 0 unspecified atom stereocenters. The Labute approximate surface area is 145 Å². The van der Waals surface area contributed by atoms with Crippen molar-refractivity contribution in [3.63, 3.8) is 0 Å². The van der Waals surface area contributed by atoms with E-state index in [1.165, 1.54) is 0 Å². The Morgan fingerprint density at radius 1 is 1.38 bits per heavy atom. The van der Waals surface area contributed by atoms with Gasteiger partial charge in [0, 0.05) is 49.9 Å². The summed E-state index contributed by atoms with van der Waals surface area (Å²) in [5.41, 5.74) is 1.06. The van der Waals surface area contributed by atoms with Gasteiger partial charge in [-0.05, 0) is 26.2 Å². The molecule has 6 nitrogen and oxygen atoms in total. The van der Waals surface area contributed by atoms with E-state index in [-0.39, 0.29) is 17.9 Å². The number of imidazole rings is 1. The Morgan fingerprint density at radius 2 is 2.29 bits per heavy atom. The molecule has 1 saturated heterocycles. The standard InChI is InChI=1S/C17H23N5OS/c1-12-9-22-11-14(4-5-15(22)19-12)20-16(23)13-3-2-7-21(10-13)17-18-6-8-24-17/h6,8-9,13-14H,2-5,7,10-11H2,1H3,(H,20,23)/t13-,14+/m0/s1. The van der Waals surface area contributed by atoms with Crippen LogP contribution in [0.4, 0.5) is 5.13 Å². The minimum atomic E-state index is 0.0635. The van der Waals surface area contributed by atoms with Gasteiger partial charge in [-0.3, -0.25) is 4.79 Å². The van der Waals surface area contributed by atoms with Gasteiger partial charge >= 0.3 is 0 Å². The van der Waals surface area contributed by atoms with Crippen LogP contribution >= 0.6 is 11.3 Å². The monoisotopic (exact) mass is 345 g/mol. The zero-order valence-electron chi connectivity index (χ0n) is 13.9. The molecule has 4 heterocycles. The lowest BCUT2D eigenvalue weighted by Crippen LogP contribution is -2.48. The van der Waals surface area contributed by atoms with Gasteiger partial charge in [0.05, 0.1) is 11.6 Å². The van der Waals surface area contributed by atoms with Crippen molar-refractivity contribution in [3.8, 4) is 0 Å². The first-order valence-electron chi connectivity index (χ1n) is 8.66. The Balaban J connectivity index is 1.36. The molecule has 128 valence electrons. The minimum Gasteiger partial charge on any atom is -0.351 e. The number of aryl methyl sites for hydroxylation is 2. The van der Waals surface area contributed by atoms with Gasteiger partial charge in [-0.25, -0.2) is 9.97 Å². The molecule has 0 radical (unpaired) electrons. The van der Waals surface area contributed by atoms with Crippen LogP contribution in [0.1, 0.15) is 30.8 Å². The topological polar surface area (TPSA) is 63.1 Å². The average Bonchev–Trinajstić information content (AvgIpc) is 3.23. The SMILES string of the molecule is Cc1cn2c(n1)CC[C@@H](NC(=O)[C@H]1CCCN(c3nccs3)C1)C2. The van der Waals surface area contributed by atoms with Crippen LogP contribution in [-0.2, 0) is 17.8 Å². The summed E-state index contributed by atoms with van der Waals surface area (Å²) in [6, 6.07) is 0.217.